The molecule has 4 nitrogen and oxygen atoms in total. The zero-order chi connectivity index (χ0) is 38.9. The molecular formula is C55H34N4. The van der Waals surface area contributed by atoms with E-state index in [0.717, 1.165) is 88.7 Å². The Kier molecular flexibility index (Phi) is 7.50. The molecule has 4 heteroatoms. The Labute approximate surface area is 340 Å². The van der Waals surface area contributed by atoms with E-state index in [1.54, 1.807) is 0 Å². The van der Waals surface area contributed by atoms with Gasteiger partial charge < -0.3 is 4.57 Å². The van der Waals surface area contributed by atoms with Gasteiger partial charge in [0.2, 0.25) is 0 Å². The highest BCUT2D eigenvalue weighted by Gasteiger charge is 2.20. The number of hydrogen-bond acceptors (Lipinski definition) is 3. The van der Waals surface area contributed by atoms with Gasteiger partial charge in [-0.25, -0.2) is 15.0 Å². The lowest BCUT2D eigenvalue weighted by Crippen LogP contribution is -1.94. The fourth-order valence-electron chi connectivity index (χ4n) is 8.93. The standard InChI is InChI=1S/C55H34N4/c1-4-12-36(13-5-1)46-30-26-39-24-25-40-27-31-47(57-55(40)54(39)56-46)37-22-20-35(21-23-37)41-28-32-48-45(34-41)51-44(53(58-48)38-14-6-2-7-15-38)29-33-50-52(51)43-18-10-11-19-49(43)59(50)42-16-8-3-9-17-42/h1-34H. The molecular weight excluding hydrogens is 717 g/mol. The number of rotatable bonds is 5. The van der Waals surface area contributed by atoms with Crippen LogP contribution in [0.3, 0.4) is 0 Å². The van der Waals surface area contributed by atoms with E-state index in [1.165, 1.54) is 27.2 Å². The van der Waals surface area contributed by atoms with Crippen LogP contribution in [0.15, 0.2) is 206 Å². The first-order chi connectivity index (χ1) is 29.2. The molecule has 0 aliphatic rings. The molecule has 0 fully saturated rings. The third-order valence-electron chi connectivity index (χ3n) is 11.8. The van der Waals surface area contributed by atoms with Crippen molar-refractivity contribution >= 4 is 65.3 Å². The Balaban J connectivity index is 1.02. The van der Waals surface area contributed by atoms with E-state index in [-0.39, 0.29) is 0 Å². The normalized spacial score (nSPS) is 11.7. The van der Waals surface area contributed by atoms with Gasteiger partial charge >= 0.3 is 0 Å². The van der Waals surface area contributed by atoms with Gasteiger partial charge in [-0.05, 0) is 59.7 Å². The van der Waals surface area contributed by atoms with Gasteiger partial charge in [-0.3, -0.25) is 0 Å². The van der Waals surface area contributed by atoms with Crippen LogP contribution in [0.4, 0.5) is 0 Å². The zero-order valence-electron chi connectivity index (χ0n) is 31.9. The first-order valence-corrected chi connectivity index (χ1v) is 20.0. The highest BCUT2D eigenvalue weighted by Crippen LogP contribution is 2.43. The summed E-state index contributed by atoms with van der Waals surface area (Å²) >= 11 is 0. The SMILES string of the molecule is c1ccc(-c2ccc3ccc4ccc(-c5ccc(-c6ccc7nc(-c8ccccc8)c8ccc9c(c%10ccccc%10n9-c9ccccc9)c8c7c6)cc5)nc4c3n2)cc1. The van der Waals surface area contributed by atoms with Crippen molar-refractivity contribution in [3.05, 3.63) is 206 Å². The minimum absolute atomic E-state index is 0.908. The number of benzene rings is 8. The lowest BCUT2D eigenvalue weighted by Gasteiger charge is -2.14. The van der Waals surface area contributed by atoms with Crippen molar-refractivity contribution in [1.82, 2.24) is 19.5 Å². The molecule has 12 aromatic rings. The smallest absolute Gasteiger partial charge is 0.0972 e. The minimum atomic E-state index is 0.908. The minimum Gasteiger partial charge on any atom is -0.309 e. The van der Waals surface area contributed by atoms with Gasteiger partial charge in [0.15, 0.2) is 0 Å². The molecule has 0 saturated heterocycles. The summed E-state index contributed by atoms with van der Waals surface area (Å²) in [6.45, 7) is 0. The molecule has 0 N–H and O–H groups in total. The zero-order valence-corrected chi connectivity index (χ0v) is 31.9. The van der Waals surface area contributed by atoms with Crippen LogP contribution in [0, 0.1) is 0 Å². The third-order valence-corrected chi connectivity index (χ3v) is 11.8. The molecule has 0 unspecified atom stereocenters. The third kappa shape index (κ3) is 5.42. The van der Waals surface area contributed by atoms with Crippen LogP contribution in [0.5, 0.6) is 0 Å². The number of aromatic nitrogens is 4. The van der Waals surface area contributed by atoms with E-state index < -0.39 is 0 Å². The monoisotopic (exact) mass is 750 g/mol. The van der Waals surface area contributed by atoms with Crippen LogP contribution in [-0.2, 0) is 0 Å². The second-order valence-corrected chi connectivity index (χ2v) is 15.2. The lowest BCUT2D eigenvalue weighted by molar-refractivity contribution is 1.18. The maximum atomic E-state index is 5.36. The topological polar surface area (TPSA) is 43.6 Å². The molecule has 0 aliphatic carbocycles. The van der Waals surface area contributed by atoms with Crippen molar-refractivity contribution in [2.45, 2.75) is 0 Å². The summed E-state index contributed by atoms with van der Waals surface area (Å²) in [6, 6.07) is 73.1. The molecule has 0 saturated carbocycles. The van der Waals surface area contributed by atoms with Crippen molar-refractivity contribution in [2.24, 2.45) is 0 Å². The Morgan fingerprint density at radius 1 is 0.322 bits per heavy atom. The van der Waals surface area contributed by atoms with Gasteiger partial charge in [-0.15, -0.1) is 0 Å². The maximum absolute atomic E-state index is 5.36. The lowest BCUT2D eigenvalue weighted by atomic mass is 9.94. The number of hydrogen-bond donors (Lipinski definition) is 0. The van der Waals surface area contributed by atoms with E-state index in [4.69, 9.17) is 15.0 Å². The molecule has 274 valence electrons. The van der Waals surface area contributed by atoms with Crippen molar-refractivity contribution in [3.63, 3.8) is 0 Å². The summed E-state index contributed by atoms with van der Waals surface area (Å²) in [5.74, 6) is 0. The van der Waals surface area contributed by atoms with E-state index in [1.807, 2.05) is 18.2 Å². The summed E-state index contributed by atoms with van der Waals surface area (Å²) in [5.41, 5.74) is 14.7. The van der Waals surface area contributed by atoms with Crippen LogP contribution in [0.25, 0.3) is 116 Å². The number of fused-ring (bicyclic) bond motifs is 10. The number of nitrogens with zero attached hydrogens (tertiary/aromatic N) is 4. The van der Waals surface area contributed by atoms with Gasteiger partial charge in [-0.2, -0.15) is 0 Å². The summed E-state index contributed by atoms with van der Waals surface area (Å²) < 4.78 is 2.39. The van der Waals surface area contributed by atoms with E-state index >= 15 is 0 Å². The molecule has 0 atom stereocenters. The average Bonchev–Trinajstić information content (AvgIpc) is 3.66. The summed E-state index contributed by atoms with van der Waals surface area (Å²) in [4.78, 5) is 15.7. The fraction of sp³-hybridized carbons (Fsp3) is 0. The van der Waals surface area contributed by atoms with Crippen molar-refractivity contribution in [1.29, 1.82) is 0 Å². The van der Waals surface area contributed by atoms with Crippen LogP contribution < -0.4 is 0 Å². The van der Waals surface area contributed by atoms with Gasteiger partial charge in [0, 0.05) is 60.1 Å². The number of para-hydroxylation sites is 2. The molecule has 4 aromatic heterocycles. The summed E-state index contributed by atoms with van der Waals surface area (Å²) in [7, 11) is 0. The van der Waals surface area contributed by atoms with Crippen molar-refractivity contribution in [2.75, 3.05) is 0 Å². The van der Waals surface area contributed by atoms with Crippen LogP contribution in [0.2, 0.25) is 0 Å². The quantitative estimate of drug-likeness (QED) is 0.165. The molecule has 59 heavy (non-hydrogen) atoms. The molecule has 0 spiro atoms. The molecule has 12 rings (SSSR count). The van der Waals surface area contributed by atoms with E-state index in [0.29, 0.717) is 0 Å². The summed E-state index contributed by atoms with van der Waals surface area (Å²) in [6.07, 6.45) is 0. The maximum Gasteiger partial charge on any atom is 0.0972 e. The van der Waals surface area contributed by atoms with Gasteiger partial charge in [0.1, 0.15) is 0 Å². The largest absolute Gasteiger partial charge is 0.309 e. The highest BCUT2D eigenvalue weighted by molar-refractivity contribution is 6.29. The molecule has 0 aliphatic heterocycles. The fourth-order valence-corrected chi connectivity index (χ4v) is 8.93. The van der Waals surface area contributed by atoms with Gasteiger partial charge in [0.05, 0.1) is 44.7 Å². The summed E-state index contributed by atoms with van der Waals surface area (Å²) in [5, 5.41) is 8.09. The first-order valence-electron chi connectivity index (χ1n) is 20.0. The molecule has 0 radical (unpaired) electrons. The second-order valence-electron chi connectivity index (χ2n) is 15.2. The Hall–Kier alpha value is -7.95. The number of pyridine rings is 3. The van der Waals surface area contributed by atoms with Gasteiger partial charge in [0.25, 0.3) is 0 Å². The average molecular weight is 751 g/mol. The van der Waals surface area contributed by atoms with E-state index in [9.17, 15) is 0 Å². The first kappa shape index (κ1) is 33.2. The molecule has 4 heterocycles. The Morgan fingerprint density at radius 3 is 1.58 bits per heavy atom. The predicted molar refractivity (Wildman–Crippen MR) is 246 cm³/mol. The van der Waals surface area contributed by atoms with E-state index in [2.05, 4.69) is 193 Å². The second kappa shape index (κ2) is 13.3. The Morgan fingerprint density at radius 2 is 0.881 bits per heavy atom. The highest BCUT2D eigenvalue weighted by atomic mass is 15.0. The van der Waals surface area contributed by atoms with Gasteiger partial charge in [-0.1, -0.05) is 158 Å². The Bertz CT molecular complexity index is 3580. The van der Waals surface area contributed by atoms with Crippen LogP contribution >= 0.6 is 0 Å². The molecule has 0 amide bonds. The van der Waals surface area contributed by atoms with Crippen molar-refractivity contribution in [3.8, 4) is 50.6 Å². The molecule has 8 aromatic carbocycles. The van der Waals surface area contributed by atoms with Crippen LogP contribution in [0.1, 0.15) is 0 Å². The predicted octanol–water partition coefficient (Wildman–Crippen LogP) is 14.2. The van der Waals surface area contributed by atoms with Crippen LogP contribution in [-0.4, -0.2) is 19.5 Å². The van der Waals surface area contributed by atoms with Crippen molar-refractivity contribution < 1.29 is 0 Å². The molecule has 0 bridgehead atoms.